The fourth-order valence-electron chi connectivity index (χ4n) is 9.82. The summed E-state index contributed by atoms with van der Waals surface area (Å²) in [6, 6.07) is 0. The molecule has 71 heavy (non-hydrogen) atoms. The summed E-state index contributed by atoms with van der Waals surface area (Å²) in [5, 5.41) is 72.3. The van der Waals surface area contributed by atoms with Gasteiger partial charge in [-0.25, -0.2) is 0 Å². The minimum atomic E-state index is -1.70. The summed E-state index contributed by atoms with van der Waals surface area (Å²) < 4.78 is 34.4. The number of rotatable bonds is 49. The molecule has 0 radical (unpaired) electrons. The van der Waals surface area contributed by atoms with Crippen molar-refractivity contribution in [1.29, 1.82) is 0 Å². The summed E-state index contributed by atoms with van der Waals surface area (Å²) in [5.74, 6) is -0.367. The second-order valence-electron chi connectivity index (χ2n) is 21.2. The Bertz CT molecular complexity index is 1180. The van der Waals surface area contributed by atoms with Crippen LogP contribution in [0.2, 0.25) is 0 Å². The Morgan fingerprint density at radius 1 is 0.408 bits per heavy atom. The molecule has 2 aliphatic rings. The zero-order valence-corrected chi connectivity index (χ0v) is 45.2. The normalized spacial score (nSPS) is 25.2. The maximum Gasteiger partial charge on any atom is 0.306 e. The van der Waals surface area contributed by atoms with Gasteiger partial charge in [0, 0.05) is 13.0 Å². The predicted molar refractivity (Wildman–Crippen MR) is 280 cm³/mol. The lowest BCUT2D eigenvalue weighted by atomic mass is 9.98. The van der Waals surface area contributed by atoms with Crippen LogP contribution in [0.15, 0.2) is 0 Å². The third kappa shape index (κ3) is 32.2. The Labute approximate surface area is 432 Å². The minimum Gasteiger partial charge on any atom is -0.457 e. The van der Waals surface area contributed by atoms with Crippen LogP contribution in [0.25, 0.3) is 0 Å². The summed E-state index contributed by atoms with van der Waals surface area (Å²) in [5.41, 5.74) is 0. The average molecular weight is 1020 g/mol. The van der Waals surface area contributed by atoms with Crippen molar-refractivity contribution in [2.24, 2.45) is 0 Å². The number of carbonyl (C=O) groups excluding carboxylic acids is 1. The molecule has 0 bridgehead atoms. The van der Waals surface area contributed by atoms with Crippen molar-refractivity contribution in [3.8, 4) is 0 Å². The molecule has 2 aliphatic heterocycles. The van der Waals surface area contributed by atoms with E-state index >= 15 is 0 Å². The second kappa shape index (κ2) is 45.2. The van der Waals surface area contributed by atoms with E-state index in [1.54, 1.807) is 0 Å². The molecule has 14 heteroatoms. The van der Waals surface area contributed by atoms with Gasteiger partial charge >= 0.3 is 5.97 Å². The van der Waals surface area contributed by atoms with E-state index in [0.717, 1.165) is 44.9 Å². The highest BCUT2D eigenvalue weighted by molar-refractivity contribution is 5.69. The molecule has 0 saturated carbocycles. The molecule has 7 N–H and O–H groups in total. The highest BCUT2D eigenvalue weighted by Gasteiger charge is 2.47. The van der Waals surface area contributed by atoms with Crippen LogP contribution in [0, 0.1) is 0 Å². The van der Waals surface area contributed by atoms with Crippen LogP contribution in [0.3, 0.4) is 0 Å². The number of esters is 1. The zero-order valence-electron chi connectivity index (χ0n) is 45.2. The van der Waals surface area contributed by atoms with Gasteiger partial charge in [0.2, 0.25) is 0 Å². The standard InChI is InChI=1S/C57H110O14/c1-3-5-7-9-11-13-15-17-19-21-23-25-27-29-31-33-35-37-39-41-66-43-46(69-49(59)40-38-36-34-32-30-28-26-24-22-20-18-16-14-12-10-8-6-4-2)44-67-56-55(65)53(63)51(61)48(71-56)45-68-57-54(64)52(62)50(60)47(42-58)70-57/h46-48,50-58,60-65H,3-45H2,1-2H3. The fraction of sp³-hybridized carbons (Fsp3) is 0.982. The lowest BCUT2D eigenvalue weighted by Crippen LogP contribution is -2.61. The molecule has 2 fully saturated rings. The molecule has 0 aromatic rings. The van der Waals surface area contributed by atoms with Crippen LogP contribution in [0.4, 0.5) is 0 Å². The second-order valence-corrected chi connectivity index (χ2v) is 21.2. The number of ether oxygens (including phenoxy) is 6. The van der Waals surface area contributed by atoms with Crippen LogP contribution >= 0.6 is 0 Å². The summed E-state index contributed by atoms with van der Waals surface area (Å²) in [6.07, 6.45) is 31.6. The van der Waals surface area contributed by atoms with Crippen LogP contribution in [0.5, 0.6) is 0 Å². The van der Waals surface area contributed by atoms with Gasteiger partial charge in [0.15, 0.2) is 12.6 Å². The monoisotopic (exact) mass is 1020 g/mol. The van der Waals surface area contributed by atoms with E-state index in [1.165, 1.54) is 193 Å². The van der Waals surface area contributed by atoms with Gasteiger partial charge in [-0.2, -0.15) is 0 Å². The van der Waals surface area contributed by atoms with E-state index in [1.807, 2.05) is 0 Å². The number of aliphatic hydroxyl groups is 7. The van der Waals surface area contributed by atoms with E-state index in [-0.39, 0.29) is 25.6 Å². The Morgan fingerprint density at radius 2 is 0.746 bits per heavy atom. The highest BCUT2D eigenvalue weighted by Crippen LogP contribution is 2.27. The third-order valence-electron chi connectivity index (χ3n) is 14.6. The molecule has 0 aliphatic carbocycles. The maximum atomic E-state index is 13.1. The zero-order chi connectivity index (χ0) is 51.6. The molecule has 14 nitrogen and oxygen atoms in total. The molecule has 11 atom stereocenters. The molecule has 2 rings (SSSR count). The quantitative estimate of drug-likeness (QED) is 0.0223. The lowest BCUT2D eigenvalue weighted by Gasteiger charge is -2.42. The summed E-state index contributed by atoms with van der Waals surface area (Å²) in [7, 11) is 0. The number of aliphatic hydroxyl groups excluding tert-OH is 7. The fourth-order valence-corrected chi connectivity index (χ4v) is 9.82. The minimum absolute atomic E-state index is 0.0710. The molecule has 11 unspecified atom stereocenters. The molecule has 0 aromatic carbocycles. The van der Waals surface area contributed by atoms with Crippen molar-refractivity contribution in [3.63, 3.8) is 0 Å². The number of unbranched alkanes of at least 4 members (excludes halogenated alkanes) is 35. The Morgan fingerprint density at radius 3 is 1.14 bits per heavy atom. The summed E-state index contributed by atoms with van der Waals surface area (Å²) >= 11 is 0. The molecule has 0 spiro atoms. The molecule has 2 heterocycles. The van der Waals surface area contributed by atoms with Gasteiger partial charge in [-0.1, -0.05) is 239 Å². The van der Waals surface area contributed by atoms with Crippen molar-refractivity contribution in [2.75, 3.05) is 33.0 Å². The van der Waals surface area contributed by atoms with Crippen LogP contribution in [-0.2, 0) is 33.2 Å². The third-order valence-corrected chi connectivity index (χ3v) is 14.6. The predicted octanol–water partition coefficient (Wildman–Crippen LogP) is 10.4. The van der Waals surface area contributed by atoms with Crippen molar-refractivity contribution >= 4 is 5.97 Å². The molecule has 0 amide bonds. The summed E-state index contributed by atoms with van der Waals surface area (Å²) in [4.78, 5) is 13.1. The van der Waals surface area contributed by atoms with E-state index in [0.29, 0.717) is 6.61 Å². The van der Waals surface area contributed by atoms with Crippen molar-refractivity contribution in [2.45, 2.75) is 325 Å². The van der Waals surface area contributed by atoms with E-state index in [4.69, 9.17) is 28.4 Å². The number of hydrogen-bond acceptors (Lipinski definition) is 14. The first-order valence-corrected chi connectivity index (χ1v) is 29.6. The highest BCUT2D eigenvalue weighted by atomic mass is 16.7. The van der Waals surface area contributed by atoms with Crippen LogP contribution in [-0.4, -0.2) is 142 Å². The molecular formula is C57H110O14. The van der Waals surface area contributed by atoms with Gasteiger partial charge in [0.25, 0.3) is 0 Å². The van der Waals surface area contributed by atoms with Gasteiger partial charge in [0.05, 0.1) is 26.4 Å². The molecular weight excluding hydrogens is 909 g/mol. The maximum absolute atomic E-state index is 13.1. The SMILES string of the molecule is CCCCCCCCCCCCCCCCCCCCCOCC(COC1OC(COC2OC(CO)C(O)C(O)C2O)C(O)C(O)C1O)OC(=O)CCCCCCCCCCCCCCCCCCCC. The van der Waals surface area contributed by atoms with E-state index in [9.17, 15) is 40.5 Å². The first-order chi connectivity index (χ1) is 34.6. The van der Waals surface area contributed by atoms with Crippen LogP contribution < -0.4 is 0 Å². The lowest BCUT2D eigenvalue weighted by molar-refractivity contribution is -0.332. The van der Waals surface area contributed by atoms with Crippen LogP contribution in [0.1, 0.15) is 258 Å². The van der Waals surface area contributed by atoms with Gasteiger partial charge in [-0.15, -0.1) is 0 Å². The van der Waals surface area contributed by atoms with Gasteiger partial charge in [-0.05, 0) is 12.8 Å². The molecule has 422 valence electrons. The Kier molecular flexibility index (Phi) is 42.1. The number of carbonyl (C=O) groups is 1. The first-order valence-electron chi connectivity index (χ1n) is 29.6. The smallest absolute Gasteiger partial charge is 0.306 e. The van der Waals surface area contributed by atoms with E-state index < -0.39 is 80.7 Å². The van der Waals surface area contributed by atoms with E-state index in [2.05, 4.69) is 13.8 Å². The number of hydrogen-bond donors (Lipinski definition) is 7. The van der Waals surface area contributed by atoms with Gasteiger partial charge in [-0.3, -0.25) is 4.79 Å². The average Bonchev–Trinajstić information content (AvgIpc) is 3.37. The topological polar surface area (TPSA) is 214 Å². The first kappa shape index (κ1) is 66.1. The van der Waals surface area contributed by atoms with Crippen molar-refractivity contribution in [1.82, 2.24) is 0 Å². The van der Waals surface area contributed by atoms with Gasteiger partial charge in [0.1, 0.15) is 54.9 Å². The molecule has 0 aromatic heterocycles. The Hall–Kier alpha value is -1.01. The largest absolute Gasteiger partial charge is 0.457 e. The summed E-state index contributed by atoms with van der Waals surface area (Å²) in [6.45, 7) is 3.77. The van der Waals surface area contributed by atoms with Crippen molar-refractivity contribution in [3.05, 3.63) is 0 Å². The molecule has 2 saturated heterocycles. The van der Waals surface area contributed by atoms with Gasteiger partial charge < -0.3 is 64.2 Å². The Balaban J connectivity index is 1.70. The van der Waals surface area contributed by atoms with Crippen molar-refractivity contribution < 1.29 is 69.0 Å².